The molecule has 0 spiro atoms. The van der Waals surface area contributed by atoms with E-state index in [9.17, 15) is 0 Å². The summed E-state index contributed by atoms with van der Waals surface area (Å²) in [7, 11) is 1.78. The largest absolute Gasteiger partial charge is 0.381 e. The minimum Gasteiger partial charge on any atom is -0.381 e. The highest BCUT2D eigenvalue weighted by Gasteiger charge is 2.48. The molecule has 0 bridgehead atoms. The van der Waals surface area contributed by atoms with Gasteiger partial charge in [-0.2, -0.15) is 0 Å². The number of aromatic nitrogens is 2. The summed E-state index contributed by atoms with van der Waals surface area (Å²) in [5.41, 5.74) is 0.128. The van der Waals surface area contributed by atoms with Crippen LogP contribution in [0.15, 0.2) is 12.4 Å². The van der Waals surface area contributed by atoms with Crippen molar-refractivity contribution in [2.75, 3.05) is 24.3 Å². The minimum atomic E-state index is 0.128. The molecule has 1 aliphatic carbocycles. The van der Waals surface area contributed by atoms with Gasteiger partial charge in [-0.05, 0) is 12.8 Å². The molecule has 0 radical (unpaired) electrons. The molecule has 1 aromatic rings. The fourth-order valence-corrected chi connectivity index (χ4v) is 2.48. The molecular formula is C14H24N4O. The van der Waals surface area contributed by atoms with Crippen molar-refractivity contribution in [3.63, 3.8) is 0 Å². The predicted molar refractivity (Wildman–Crippen MR) is 77.4 cm³/mol. The normalized spacial score (nSPS) is 24.6. The third-order valence-electron chi connectivity index (χ3n) is 3.98. The van der Waals surface area contributed by atoms with Crippen LogP contribution in [0, 0.1) is 5.41 Å². The first-order valence-electron chi connectivity index (χ1n) is 6.93. The zero-order valence-corrected chi connectivity index (χ0v) is 12.2. The fraction of sp³-hybridized carbons (Fsp3) is 0.714. The van der Waals surface area contributed by atoms with E-state index in [4.69, 9.17) is 4.74 Å². The van der Waals surface area contributed by atoms with E-state index in [1.165, 1.54) is 0 Å². The van der Waals surface area contributed by atoms with Gasteiger partial charge in [-0.1, -0.05) is 20.8 Å². The van der Waals surface area contributed by atoms with E-state index in [-0.39, 0.29) is 5.41 Å². The molecule has 1 heterocycles. The average Bonchev–Trinajstić information content (AvgIpc) is 2.41. The summed E-state index contributed by atoms with van der Waals surface area (Å²) in [5.74, 6) is 1.65. The van der Waals surface area contributed by atoms with Crippen molar-refractivity contribution in [1.29, 1.82) is 0 Å². The number of methoxy groups -OCH3 is 1. The highest BCUT2D eigenvalue weighted by Crippen LogP contribution is 2.43. The first kappa shape index (κ1) is 14.1. The van der Waals surface area contributed by atoms with Gasteiger partial charge in [0.15, 0.2) is 0 Å². The van der Waals surface area contributed by atoms with Crippen molar-refractivity contribution in [2.45, 2.75) is 45.8 Å². The smallest absolute Gasteiger partial charge is 0.147 e. The Morgan fingerprint density at radius 2 is 2.11 bits per heavy atom. The lowest BCUT2D eigenvalue weighted by Gasteiger charge is -2.51. The van der Waals surface area contributed by atoms with Gasteiger partial charge in [-0.15, -0.1) is 0 Å². The van der Waals surface area contributed by atoms with Crippen molar-refractivity contribution >= 4 is 11.6 Å². The third kappa shape index (κ3) is 2.97. The van der Waals surface area contributed by atoms with Gasteiger partial charge in [0.2, 0.25) is 0 Å². The second-order valence-electron chi connectivity index (χ2n) is 5.69. The molecule has 0 saturated heterocycles. The molecule has 1 fully saturated rings. The van der Waals surface area contributed by atoms with Crippen molar-refractivity contribution in [3.8, 4) is 0 Å². The summed E-state index contributed by atoms with van der Waals surface area (Å²) in [4.78, 5) is 8.74. The SMILES string of the molecule is CCCNc1cncc(NC2CC(OC)C2(C)C)n1. The number of hydrogen-bond donors (Lipinski definition) is 2. The quantitative estimate of drug-likeness (QED) is 0.827. The topological polar surface area (TPSA) is 59.1 Å². The molecule has 5 nitrogen and oxygen atoms in total. The fourth-order valence-electron chi connectivity index (χ4n) is 2.48. The summed E-state index contributed by atoms with van der Waals surface area (Å²) in [5, 5.41) is 6.70. The maximum atomic E-state index is 5.46. The molecule has 2 unspecified atom stereocenters. The van der Waals surface area contributed by atoms with E-state index in [0.717, 1.165) is 31.0 Å². The zero-order chi connectivity index (χ0) is 13.9. The number of ether oxygens (including phenoxy) is 1. The molecule has 5 heteroatoms. The molecule has 0 aromatic carbocycles. The second kappa shape index (κ2) is 5.74. The van der Waals surface area contributed by atoms with Crippen LogP contribution in [0.25, 0.3) is 0 Å². The Hall–Kier alpha value is -1.36. The summed E-state index contributed by atoms with van der Waals surface area (Å²) < 4.78 is 5.46. The highest BCUT2D eigenvalue weighted by molar-refractivity contribution is 5.43. The lowest BCUT2D eigenvalue weighted by Crippen LogP contribution is -2.57. The molecule has 2 atom stereocenters. The van der Waals surface area contributed by atoms with E-state index >= 15 is 0 Å². The van der Waals surface area contributed by atoms with Gasteiger partial charge < -0.3 is 15.4 Å². The van der Waals surface area contributed by atoms with Gasteiger partial charge in [0, 0.05) is 25.1 Å². The number of anilines is 2. The number of hydrogen-bond acceptors (Lipinski definition) is 5. The highest BCUT2D eigenvalue weighted by atomic mass is 16.5. The van der Waals surface area contributed by atoms with Crippen molar-refractivity contribution in [3.05, 3.63) is 12.4 Å². The van der Waals surface area contributed by atoms with Crippen LogP contribution < -0.4 is 10.6 Å². The lowest BCUT2D eigenvalue weighted by atomic mass is 9.64. The Balaban J connectivity index is 1.96. The number of nitrogens with zero attached hydrogens (tertiary/aromatic N) is 2. The summed E-state index contributed by atoms with van der Waals surface area (Å²) in [6.45, 7) is 7.48. The number of rotatable bonds is 6. The molecule has 106 valence electrons. The number of nitrogens with one attached hydrogen (secondary N) is 2. The van der Waals surface area contributed by atoms with Gasteiger partial charge >= 0.3 is 0 Å². The maximum absolute atomic E-state index is 5.46. The monoisotopic (exact) mass is 264 g/mol. The van der Waals surface area contributed by atoms with Gasteiger partial charge in [-0.3, -0.25) is 4.98 Å². The van der Waals surface area contributed by atoms with Crippen molar-refractivity contribution in [1.82, 2.24) is 9.97 Å². The van der Waals surface area contributed by atoms with Crippen LogP contribution in [0.2, 0.25) is 0 Å². The molecule has 2 rings (SSSR count). The molecular weight excluding hydrogens is 240 g/mol. The van der Waals surface area contributed by atoms with Crippen LogP contribution in [0.3, 0.4) is 0 Å². The van der Waals surface area contributed by atoms with Crippen LogP contribution in [-0.4, -0.2) is 35.8 Å². The van der Waals surface area contributed by atoms with E-state index in [0.29, 0.717) is 12.1 Å². The molecule has 1 saturated carbocycles. The zero-order valence-electron chi connectivity index (χ0n) is 12.2. The van der Waals surface area contributed by atoms with Gasteiger partial charge in [0.25, 0.3) is 0 Å². The van der Waals surface area contributed by atoms with Crippen molar-refractivity contribution in [2.24, 2.45) is 5.41 Å². The van der Waals surface area contributed by atoms with Crippen LogP contribution in [0.1, 0.15) is 33.6 Å². The second-order valence-corrected chi connectivity index (χ2v) is 5.69. The Labute approximate surface area is 115 Å². The van der Waals surface area contributed by atoms with Gasteiger partial charge in [0.05, 0.1) is 18.5 Å². The van der Waals surface area contributed by atoms with Crippen LogP contribution in [0.5, 0.6) is 0 Å². The lowest BCUT2D eigenvalue weighted by molar-refractivity contribution is -0.0795. The van der Waals surface area contributed by atoms with Crippen LogP contribution in [-0.2, 0) is 4.74 Å². The summed E-state index contributed by atoms with van der Waals surface area (Å²) >= 11 is 0. The molecule has 0 amide bonds. The molecule has 1 aliphatic rings. The van der Waals surface area contributed by atoms with Crippen LogP contribution >= 0.6 is 0 Å². The Bertz CT molecular complexity index is 422. The minimum absolute atomic E-state index is 0.128. The Kier molecular flexibility index (Phi) is 4.24. The van der Waals surface area contributed by atoms with Crippen molar-refractivity contribution < 1.29 is 4.74 Å². The van der Waals surface area contributed by atoms with Gasteiger partial charge in [-0.25, -0.2) is 4.98 Å². The van der Waals surface area contributed by atoms with E-state index in [1.54, 1.807) is 19.5 Å². The predicted octanol–water partition coefficient (Wildman–Crippen LogP) is 2.52. The maximum Gasteiger partial charge on any atom is 0.147 e. The Morgan fingerprint density at radius 1 is 1.37 bits per heavy atom. The van der Waals surface area contributed by atoms with Gasteiger partial charge in [0.1, 0.15) is 11.6 Å². The molecule has 0 aliphatic heterocycles. The summed E-state index contributed by atoms with van der Waals surface area (Å²) in [6.07, 6.45) is 5.93. The third-order valence-corrected chi connectivity index (χ3v) is 3.98. The van der Waals surface area contributed by atoms with Crippen LogP contribution in [0.4, 0.5) is 11.6 Å². The van der Waals surface area contributed by atoms with E-state index < -0.39 is 0 Å². The van der Waals surface area contributed by atoms with E-state index in [1.807, 2.05) is 0 Å². The van der Waals surface area contributed by atoms with E-state index in [2.05, 4.69) is 41.4 Å². The standard InChI is InChI=1S/C14H24N4O/c1-5-6-16-12-8-15-9-13(18-12)17-10-7-11(19-4)14(10,2)3/h8-11H,5-7H2,1-4H3,(H2,16,17,18). The molecule has 2 N–H and O–H groups in total. The molecule has 19 heavy (non-hydrogen) atoms. The first-order chi connectivity index (χ1) is 9.07. The first-order valence-corrected chi connectivity index (χ1v) is 6.93. The summed E-state index contributed by atoms with van der Waals surface area (Å²) in [6, 6.07) is 0.383. The molecule has 1 aromatic heterocycles. The average molecular weight is 264 g/mol. The Morgan fingerprint density at radius 3 is 2.74 bits per heavy atom.